The summed E-state index contributed by atoms with van der Waals surface area (Å²) in [7, 11) is 1.58. The second-order valence-corrected chi connectivity index (χ2v) is 3.61. The number of ether oxygens (including phenoxy) is 1. The van der Waals surface area contributed by atoms with E-state index in [0.717, 1.165) is 5.69 Å². The summed E-state index contributed by atoms with van der Waals surface area (Å²) in [5.74, 6) is 0.702. The molecule has 0 aliphatic carbocycles. The van der Waals surface area contributed by atoms with Crippen LogP contribution in [-0.4, -0.2) is 22.5 Å². The molecule has 0 radical (unpaired) electrons. The SMILES string of the molecule is COc1nccnc1C(C)C(C)Cl. The van der Waals surface area contributed by atoms with Crippen LogP contribution in [0, 0.1) is 0 Å². The Balaban J connectivity index is 2.98. The second-order valence-electron chi connectivity index (χ2n) is 2.92. The molecule has 0 aromatic carbocycles. The molecule has 72 valence electrons. The van der Waals surface area contributed by atoms with E-state index in [0.29, 0.717) is 5.88 Å². The zero-order valence-electron chi connectivity index (χ0n) is 7.99. The average Bonchev–Trinajstić information content (AvgIpc) is 2.16. The van der Waals surface area contributed by atoms with Crippen LogP contribution in [0.2, 0.25) is 0 Å². The molecule has 0 spiro atoms. The highest BCUT2D eigenvalue weighted by molar-refractivity contribution is 6.20. The number of methoxy groups -OCH3 is 1. The lowest BCUT2D eigenvalue weighted by Crippen LogP contribution is -2.09. The summed E-state index contributed by atoms with van der Waals surface area (Å²) in [5, 5.41) is 0.0191. The van der Waals surface area contributed by atoms with Crippen molar-refractivity contribution in [2.24, 2.45) is 0 Å². The number of rotatable bonds is 3. The zero-order chi connectivity index (χ0) is 9.84. The number of hydrogen-bond acceptors (Lipinski definition) is 3. The van der Waals surface area contributed by atoms with Gasteiger partial charge < -0.3 is 4.74 Å². The van der Waals surface area contributed by atoms with Crippen LogP contribution in [0.1, 0.15) is 25.5 Å². The lowest BCUT2D eigenvalue weighted by atomic mass is 10.1. The van der Waals surface area contributed by atoms with Gasteiger partial charge in [0.25, 0.3) is 0 Å². The third-order valence-corrected chi connectivity index (χ3v) is 2.38. The second kappa shape index (κ2) is 4.42. The smallest absolute Gasteiger partial charge is 0.235 e. The Morgan fingerprint density at radius 2 is 1.92 bits per heavy atom. The summed E-state index contributed by atoms with van der Waals surface area (Å²) < 4.78 is 5.08. The van der Waals surface area contributed by atoms with Gasteiger partial charge in [-0.25, -0.2) is 4.98 Å². The molecule has 0 saturated heterocycles. The van der Waals surface area contributed by atoms with Gasteiger partial charge in [-0.1, -0.05) is 6.92 Å². The van der Waals surface area contributed by atoms with E-state index in [1.54, 1.807) is 19.5 Å². The van der Waals surface area contributed by atoms with Crippen LogP contribution in [0.15, 0.2) is 12.4 Å². The first kappa shape index (κ1) is 10.3. The van der Waals surface area contributed by atoms with Crippen LogP contribution in [0.5, 0.6) is 5.88 Å². The number of halogens is 1. The Hall–Kier alpha value is -0.830. The fraction of sp³-hybridized carbons (Fsp3) is 0.556. The van der Waals surface area contributed by atoms with Crippen LogP contribution < -0.4 is 4.74 Å². The van der Waals surface area contributed by atoms with Crippen LogP contribution >= 0.6 is 11.6 Å². The number of hydrogen-bond donors (Lipinski definition) is 0. The number of alkyl halides is 1. The van der Waals surface area contributed by atoms with Gasteiger partial charge in [-0.05, 0) is 6.92 Å². The summed E-state index contributed by atoms with van der Waals surface area (Å²) in [6.07, 6.45) is 3.25. The Bertz CT molecular complexity index is 278. The molecular formula is C9H13ClN2O. The summed E-state index contributed by atoms with van der Waals surface area (Å²) in [4.78, 5) is 8.26. The maximum Gasteiger partial charge on any atom is 0.235 e. The highest BCUT2D eigenvalue weighted by Crippen LogP contribution is 2.26. The third kappa shape index (κ3) is 2.31. The molecule has 4 heteroatoms. The first-order valence-electron chi connectivity index (χ1n) is 4.15. The van der Waals surface area contributed by atoms with E-state index in [9.17, 15) is 0 Å². The average molecular weight is 201 g/mol. The van der Waals surface area contributed by atoms with Crippen molar-refractivity contribution in [2.75, 3.05) is 7.11 Å². The molecule has 1 aromatic heterocycles. The lowest BCUT2D eigenvalue weighted by molar-refractivity contribution is 0.385. The summed E-state index contributed by atoms with van der Waals surface area (Å²) in [5.41, 5.74) is 0.813. The first-order chi connectivity index (χ1) is 6.16. The van der Waals surface area contributed by atoms with Gasteiger partial charge in [-0.2, -0.15) is 0 Å². The number of aromatic nitrogens is 2. The molecule has 1 heterocycles. The molecule has 2 atom stereocenters. The van der Waals surface area contributed by atoms with Crippen molar-refractivity contribution in [3.8, 4) is 5.88 Å². The standard InChI is InChI=1S/C9H13ClN2O/c1-6(7(2)10)8-9(13-3)12-5-4-11-8/h4-7H,1-3H3. The first-order valence-corrected chi connectivity index (χ1v) is 4.59. The zero-order valence-corrected chi connectivity index (χ0v) is 8.75. The minimum atomic E-state index is 0.0191. The molecule has 0 fully saturated rings. The van der Waals surface area contributed by atoms with Gasteiger partial charge in [0, 0.05) is 23.7 Å². The minimum absolute atomic E-state index is 0.0191. The van der Waals surface area contributed by atoms with Crippen molar-refractivity contribution >= 4 is 11.6 Å². The van der Waals surface area contributed by atoms with Crippen LogP contribution in [0.25, 0.3) is 0 Å². The van der Waals surface area contributed by atoms with Gasteiger partial charge >= 0.3 is 0 Å². The van der Waals surface area contributed by atoms with Crippen molar-refractivity contribution in [3.05, 3.63) is 18.1 Å². The maximum atomic E-state index is 5.97. The van der Waals surface area contributed by atoms with Crippen molar-refractivity contribution in [1.29, 1.82) is 0 Å². The number of nitrogens with zero attached hydrogens (tertiary/aromatic N) is 2. The predicted molar refractivity (Wildman–Crippen MR) is 52.3 cm³/mol. The lowest BCUT2D eigenvalue weighted by Gasteiger charge is -2.14. The molecule has 13 heavy (non-hydrogen) atoms. The molecule has 0 N–H and O–H groups in total. The van der Waals surface area contributed by atoms with E-state index in [2.05, 4.69) is 9.97 Å². The quantitative estimate of drug-likeness (QED) is 0.702. The largest absolute Gasteiger partial charge is 0.480 e. The summed E-state index contributed by atoms with van der Waals surface area (Å²) >= 11 is 5.97. The molecule has 1 aromatic rings. The fourth-order valence-electron chi connectivity index (χ4n) is 1.02. The van der Waals surface area contributed by atoms with E-state index in [1.165, 1.54) is 0 Å². The fourth-order valence-corrected chi connectivity index (χ4v) is 1.14. The van der Waals surface area contributed by atoms with Crippen molar-refractivity contribution in [3.63, 3.8) is 0 Å². The monoisotopic (exact) mass is 200 g/mol. The predicted octanol–water partition coefficient (Wildman–Crippen LogP) is 2.22. The molecule has 0 aliphatic heterocycles. The topological polar surface area (TPSA) is 35.0 Å². The van der Waals surface area contributed by atoms with E-state index >= 15 is 0 Å². The Morgan fingerprint density at radius 1 is 1.31 bits per heavy atom. The van der Waals surface area contributed by atoms with Crippen molar-refractivity contribution in [1.82, 2.24) is 9.97 Å². The van der Waals surface area contributed by atoms with Crippen molar-refractivity contribution < 1.29 is 4.74 Å². The Kier molecular flexibility index (Phi) is 3.48. The van der Waals surface area contributed by atoms with Gasteiger partial charge in [-0.15, -0.1) is 11.6 Å². The maximum absolute atomic E-state index is 5.97. The molecule has 0 saturated carbocycles. The summed E-state index contributed by atoms with van der Waals surface area (Å²) in [6, 6.07) is 0. The Labute approximate surface area is 83.1 Å². The molecule has 1 rings (SSSR count). The molecule has 0 aliphatic rings. The summed E-state index contributed by atoms with van der Waals surface area (Å²) in [6.45, 7) is 3.94. The van der Waals surface area contributed by atoms with E-state index in [1.807, 2.05) is 13.8 Å². The van der Waals surface area contributed by atoms with Gasteiger partial charge in [0.05, 0.1) is 7.11 Å². The van der Waals surface area contributed by atoms with Gasteiger partial charge in [0.1, 0.15) is 5.69 Å². The van der Waals surface area contributed by atoms with Gasteiger partial charge in [0.2, 0.25) is 5.88 Å². The third-order valence-electron chi connectivity index (χ3n) is 2.00. The highest BCUT2D eigenvalue weighted by Gasteiger charge is 2.18. The molecule has 0 bridgehead atoms. The normalized spacial score (nSPS) is 15.1. The Morgan fingerprint density at radius 3 is 2.46 bits per heavy atom. The van der Waals surface area contributed by atoms with E-state index < -0.39 is 0 Å². The highest BCUT2D eigenvalue weighted by atomic mass is 35.5. The van der Waals surface area contributed by atoms with Crippen molar-refractivity contribution in [2.45, 2.75) is 25.1 Å². The van der Waals surface area contributed by atoms with Crippen LogP contribution in [-0.2, 0) is 0 Å². The van der Waals surface area contributed by atoms with Gasteiger partial charge in [0.15, 0.2) is 0 Å². The van der Waals surface area contributed by atoms with Crippen LogP contribution in [0.4, 0.5) is 0 Å². The molecule has 0 amide bonds. The molecular weight excluding hydrogens is 188 g/mol. The van der Waals surface area contributed by atoms with E-state index in [4.69, 9.17) is 16.3 Å². The minimum Gasteiger partial charge on any atom is -0.480 e. The van der Waals surface area contributed by atoms with E-state index in [-0.39, 0.29) is 11.3 Å². The van der Waals surface area contributed by atoms with Gasteiger partial charge in [-0.3, -0.25) is 4.98 Å². The molecule has 2 unspecified atom stereocenters. The molecule has 3 nitrogen and oxygen atoms in total. The van der Waals surface area contributed by atoms with Crippen LogP contribution in [0.3, 0.4) is 0 Å².